The van der Waals surface area contributed by atoms with Crippen molar-refractivity contribution in [2.24, 2.45) is 17.3 Å². The average molecular weight is 473 g/mol. The zero-order valence-electron chi connectivity index (χ0n) is 21.1. The Bertz CT molecular complexity index is 918. The van der Waals surface area contributed by atoms with E-state index in [0.29, 0.717) is 13.0 Å². The van der Waals surface area contributed by atoms with Crippen molar-refractivity contribution < 1.29 is 24.1 Å². The number of hydrogen-bond donors (Lipinski definition) is 1. The number of benzene rings is 1. The minimum absolute atomic E-state index is 0.0328. The number of anilines is 1. The van der Waals surface area contributed by atoms with Crippen LogP contribution in [0.1, 0.15) is 46.0 Å². The minimum Gasteiger partial charge on any atom is -0.495 e. The molecule has 7 nitrogen and oxygen atoms in total. The van der Waals surface area contributed by atoms with Gasteiger partial charge in [-0.05, 0) is 51.2 Å². The Labute approximate surface area is 203 Å². The SMILES string of the molecule is COc1ccccc1N1CCN(CC2C(=O)O[C@@H]3C[C@@]4(C)CCC[C@@](C)(OC)C4(O)C[C@H]23)CC1. The van der Waals surface area contributed by atoms with Crippen LogP contribution in [-0.2, 0) is 14.3 Å². The van der Waals surface area contributed by atoms with Crippen molar-refractivity contribution >= 4 is 11.7 Å². The maximum Gasteiger partial charge on any atom is 0.310 e. The van der Waals surface area contributed by atoms with Gasteiger partial charge < -0.3 is 24.2 Å². The lowest BCUT2D eigenvalue weighted by atomic mass is 9.49. The Balaban J connectivity index is 1.28. The van der Waals surface area contributed by atoms with E-state index in [4.69, 9.17) is 14.2 Å². The van der Waals surface area contributed by atoms with Gasteiger partial charge in [0.1, 0.15) is 11.9 Å². The van der Waals surface area contributed by atoms with Crippen LogP contribution in [-0.4, -0.2) is 80.2 Å². The molecule has 4 fully saturated rings. The summed E-state index contributed by atoms with van der Waals surface area (Å²) in [7, 11) is 3.42. The minimum atomic E-state index is -0.955. The Morgan fingerprint density at radius 3 is 2.53 bits per heavy atom. The van der Waals surface area contributed by atoms with E-state index in [1.807, 2.05) is 18.2 Å². The smallest absolute Gasteiger partial charge is 0.310 e. The van der Waals surface area contributed by atoms with E-state index in [-0.39, 0.29) is 29.3 Å². The molecule has 0 amide bonds. The summed E-state index contributed by atoms with van der Waals surface area (Å²) < 4.78 is 17.4. The topological polar surface area (TPSA) is 71.5 Å². The van der Waals surface area contributed by atoms with Gasteiger partial charge in [0.05, 0.1) is 29.9 Å². The normalized spacial score (nSPS) is 40.4. The fraction of sp³-hybridized carbons (Fsp3) is 0.741. The predicted octanol–water partition coefficient (Wildman–Crippen LogP) is 3.10. The van der Waals surface area contributed by atoms with E-state index in [2.05, 4.69) is 29.7 Å². The summed E-state index contributed by atoms with van der Waals surface area (Å²) in [6.07, 6.45) is 3.99. The van der Waals surface area contributed by atoms with Crippen LogP contribution in [0.15, 0.2) is 24.3 Å². The van der Waals surface area contributed by atoms with Crippen LogP contribution in [0, 0.1) is 17.3 Å². The highest BCUT2D eigenvalue weighted by Gasteiger charge is 2.67. The Hall–Kier alpha value is -1.83. The number of ether oxygens (including phenoxy) is 3. The third-order valence-electron chi connectivity index (χ3n) is 9.71. The first-order valence-corrected chi connectivity index (χ1v) is 12.8. The number of piperazine rings is 1. The molecule has 0 spiro atoms. The second-order valence-electron chi connectivity index (χ2n) is 11.3. The summed E-state index contributed by atoms with van der Waals surface area (Å²) in [5.74, 6) is 0.641. The van der Waals surface area contributed by atoms with E-state index >= 15 is 0 Å². The molecule has 1 aromatic carbocycles. The molecule has 1 N–H and O–H groups in total. The Morgan fingerprint density at radius 2 is 1.82 bits per heavy atom. The Kier molecular flexibility index (Phi) is 6.10. The maximum atomic E-state index is 13.0. The molecule has 5 rings (SSSR count). The molecule has 2 unspecified atom stereocenters. The summed E-state index contributed by atoms with van der Waals surface area (Å²) >= 11 is 0. The molecule has 34 heavy (non-hydrogen) atoms. The number of methoxy groups -OCH3 is 2. The average Bonchev–Trinajstić information content (AvgIpc) is 3.12. The van der Waals surface area contributed by atoms with Crippen molar-refractivity contribution in [3.05, 3.63) is 24.3 Å². The summed E-state index contributed by atoms with van der Waals surface area (Å²) in [5.41, 5.74) is -0.730. The van der Waals surface area contributed by atoms with Crippen molar-refractivity contribution in [1.82, 2.24) is 4.90 Å². The number of hydrogen-bond acceptors (Lipinski definition) is 7. The summed E-state index contributed by atoms with van der Waals surface area (Å²) in [6, 6.07) is 8.13. The molecule has 2 saturated carbocycles. The first-order valence-electron chi connectivity index (χ1n) is 12.8. The lowest BCUT2D eigenvalue weighted by molar-refractivity contribution is -0.270. The quantitative estimate of drug-likeness (QED) is 0.661. The summed E-state index contributed by atoms with van der Waals surface area (Å²) in [4.78, 5) is 17.8. The maximum absolute atomic E-state index is 13.0. The van der Waals surface area contributed by atoms with E-state index in [9.17, 15) is 9.90 Å². The standard InChI is InChI=1S/C27H40N2O5/c1-25-10-7-11-26(2,33-4)27(25,31)16-19-20(24(30)34-23(19)17-25)18-28-12-14-29(15-13-28)21-8-5-6-9-22(21)32-3/h5-6,8-9,19-20,23,31H,7,10-18H2,1-4H3/t19-,20?,23-,25-,26-,27?/m1/s1. The lowest BCUT2D eigenvalue weighted by Crippen LogP contribution is -2.69. The first kappa shape index (κ1) is 23.9. The largest absolute Gasteiger partial charge is 0.495 e. The third-order valence-corrected chi connectivity index (χ3v) is 9.71. The number of esters is 1. The number of nitrogens with zero attached hydrogens (tertiary/aromatic N) is 2. The highest BCUT2D eigenvalue weighted by Crippen LogP contribution is 2.61. The molecule has 2 saturated heterocycles. The van der Waals surface area contributed by atoms with Gasteiger partial charge in [-0.3, -0.25) is 9.69 Å². The second kappa shape index (κ2) is 8.68. The van der Waals surface area contributed by atoms with E-state index in [1.54, 1.807) is 14.2 Å². The van der Waals surface area contributed by atoms with Gasteiger partial charge in [-0.2, -0.15) is 0 Å². The van der Waals surface area contributed by atoms with E-state index in [1.165, 1.54) is 0 Å². The van der Waals surface area contributed by atoms with Crippen molar-refractivity contribution in [2.45, 2.75) is 63.3 Å². The number of fused-ring (bicyclic) bond motifs is 2. The van der Waals surface area contributed by atoms with Crippen molar-refractivity contribution in [2.75, 3.05) is 51.8 Å². The molecule has 1 aromatic rings. The number of carbonyl (C=O) groups is 1. The van der Waals surface area contributed by atoms with Crippen LogP contribution >= 0.6 is 0 Å². The van der Waals surface area contributed by atoms with Crippen LogP contribution in [0.5, 0.6) is 5.75 Å². The molecule has 2 heterocycles. The highest BCUT2D eigenvalue weighted by atomic mass is 16.6. The van der Waals surface area contributed by atoms with Crippen molar-refractivity contribution in [1.29, 1.82) is 0 Å². The fourth-order valence-electron chi connectivity index (χ4n) is 7.43. The van der Waals surface area contributed by atoms with E-state index in [0.717, 1.165) is 63.3 Å². The van der Waals surface area contributed by atoms with Gasteiger partial charge in [0, 0.05) is 51.2 Å². The lowest BCUT2D eigenvalue weighted by Gasteiger charge is -2.62. The molecular formula is C27H40N2O5. The zero-order chi connectivity index (χ0) is 24.1. The molecule has 0 radical (unpaired) electrons. The van der Waals surface area contributed by atoms with Gasteiger partial charge >= 0.3 is 5.97 Å². The van der Waals surface area contributed by atoms with Crippen LogP contribution in [0.2, 0.25) is 0 Å². The first-order chi connectivity index (χ1) is 16.2. The number of para-hydroxylation sites is 2. The molecular weight excluding hydrogens is 432 g/mol. The number of aliphatic hydroxyl groups is 1. The van der Waals surface area contributed by atoms with Crippen LogP contribution < -0.4 is 9.64 Å². The molecule has 4 aliphatic rings. The summed E-state index contributed by atoms with van der Waals surface area (Å²) in [6.45, 7) is 8.45. The Morgan fingerprint density at radius 1 is 1.09 bits per heavy atom. The van der Waals surface area contributed by atoms with E-state index < -0.39 is 11.2 Å². The van der Waals surface area contributed by atoms with Crippen LogP contribution in [0.4, 0.5) is 5.69 Å². The highest BCUT2D eigenvalue weighted by molar-refractivity contribution is 5.75. The third kappa shape index (κ3) is 3.62. The van der Waals surface area contributed by atoms with Gasteiger partial charge in [0.15, 0.2) is 0 Å². The molecule has 188 valence electrons. The monoisotopic (exact) mass is 472 g/mol. The fourth-order valence-corrected chi connectivity index (χ4v) is 7.43. The molecule has 7 heteroatoms. The second-order valence-corrected chi connectivity index (χ2v) is 11.3. The van der Waals surface area contributed by atoms with Gasteiger partial charge in [-0.1, -0.05) is 19.1 Å². The van der Waals surface area contributed by atoms with Gasteiger partial charge in [-0.25, -0.2) is 0 Å². The van der Waals surface area contributed by atoms with Gasteiger partial charge in [0.2, 0.25) is 0 Å². The molecule has 0 aromatic heterocycles. The predicted molar refractivity (Wildman–Crippen MR) is 130 cm³/mol. The van der Waals surface area contributed by atoms with Gasteiger partial charge in [-0.15, -0.1) is 0 Å². The molecule has 2 aliphatic carbocycles. The van der Waals surface area contributed by atoms with Crippen molar-refractivity contribution in [3.8, 4) is 5.75 Å². The molecule has 6 atom stereocenters. The molecule has 0 bridgehead atoms. The number of rotatable bonds is 5. The summed E-state index contributed by atoms with van der Waals surface area (Å²) in [5, 5.41) is 12.1. The van der Waals surface area contributed by atoms with Crippen LogP contribution in [0.3, 0.4) is 0 Å². The van der Waals surface area contributed by atoms with Gasteiger partial charge in [0.25, 0.3) is 0 Å². The van der Waals surface area contributed by atoms with Crippen LogP contribution in [0.25, 0.3) is 0 Å². The van der Waals surface area contributed by atoms with Crippen molar-refractivity contribution in [3.63, 3.8) is 0 Å². The zero-order valence-corrected chi connectivity index (χ0v) is 21.1. The molecule has 2 aliphatic heterocycles. The number of carbonyl (C=O) groups excluding carboxylic acids is 1.